The number of hydrogen-bond donors (Lipinski definition) is 3. The molecule has 1 atom stereocenters. The minimum atomic E-state index is -1.44. The molecule has 8 heteroatoms. The van der Waals surface area contributed by atoms with Crippen LogP contribution >= 0.6 is 11.3 Å². The van der Waals surface area contributed by atoms with Crippen LogP contribution in [0, 0.1) is 0 Å². The first kappa shape index (κ1) is 13.6. The number of hydroxylamine groups is 1. The molecule has 0 aliphatic rings. The highest BCUT2D eigenvalue weighted by Crippen LogP contribution is 2.18. The van der Waals surface area contributed by atoms with E-state index in [4.69, 9.17) is 15.7 Å². The van der Waals surface area contributed by atoms with Gasteiger partial charge in [-0.2, -0.15) is 5.48 Å². The van der Waals surface area contributed by atoms with Crippen LogP contribution in [-0.4, -0.2) is 27.9 Å². The molecule has 17 heavy (non-hydrogen) atoms. The van der Waals surface area contributed by atoms with Crippen LogP contribution in [0.1, 0.15) is 25.6 Å². The summed E-state index contributed by atoms with van der Waals surface area (Å²) in [6.07, 6.45) is 0.562. The molecule has 0 aliphatic carbocycles. The Bertz CT molecular complexity index is 418. The molecule has 0 spiro atoms. The second-order valence-electron chi connectivity index (χ2n) is 3.76. The van der Waals surface area contributed by atoms with Crippen LogP contribution in [0.5, 0.6) is 0 Å². The predicted octanol–water partition coefficient (Wildman–Crippen LogP) is 0.350. The molecule has 0 amide bonds. The van der Waals surface area contributed by atoms with Crippen molar-refractivity contribution in [2.24, 2.45) is 0 Å². The number of nitrogens with one attached hydrogen (secondary N) is 1. The molecule has 1 heterocycles. The smallest absolute Gasteiger partial charge is 0.337 e. The van der Waals surface area contributed by atoms with Crippen LogP contribution in [0.25, 0.3) is 0 Å². The van der Waals surface area contributed by atoms with Gasteiger partial charge >= 0.3 is 5.97 Å². The molecule has 0 fully saturated rings. The lowest BCUT2D eigenvalue weighted by atomic mass is 10.1. The van der Waals surface area contributed by atoms with Gasteiger partial charge in [-0.3, -0.25) is 4.84 Å². The van der Waals surface area contributed by atoms with Gasteiger partial charge in [0.15, 0.2) is 10.7 Å². The van der Waals surface area contributed by atoms with Gasteiger partial charge in [0.1, 0.15) is 12.3 Å². The van der Waals surface area contributed by atoms with E-state index >= 15 is 0 Å². The van der Waals surface area contributed by atoms with E-state index in [1.54, 1.807) is 5.38 Å². The van der Waals surface area contributed by atoms with Gasteiger partial charge < -0.3 is 15.6 Å². The maximum Gasteiger partial charge on any atom is 0.337 e. The number of nitrogens with two attached hydrogens (primary N) is 1. The van der Waals surface area contributed by atoms with Crippen molar-refractivity contribution < 1.29 is 19.5 Å². The number of aldehydes is 1. The molecule has 4 N–H and O–H groups in total. The molecule has 1 rings (SSSR count). The van der Waals surface area contributed by atoms with E-state index in [1.165, 1.54) is 25.2 Å². The van der Waals surface area contributed by atoms with E-state index in [0.29, 0.717) is 17.1 Å². The van der Waals surface area contributed by atoms with E-state index in [-0.39, 0.29) is 0 Å². The Labute approximate surface area is 102 Å². The minimum Gasteiger partial charge on any atom is -0.479 e. The van der Waals surface area contributed by atoms with Gasteiger partial charge in [-0.15, -0.1) is 11.3 Å². The van der Waals surface area contributed by atoms with Crippen molar-refractivity contribution in [3.63, 3.8) is 0 Å². The average Bonchev–Trinajstić information content (AvgIpc) is 2.65. The molecule has 0 aliphatic heterocycles. The summed E-state index contributed by atoms with van der Waals surface area (Å²) in [5.41, 5.74) is 6.74. The SMILES string of the molecule is CC(C)(ONC(C=O)c1csc(N)n1)C(=O)O. The number of carboxylic acids is 1. The monoisotopic (exact) mass is 259 g/mol. The van der Waals surface area contributed by atoms with Crippen LogP contribution < -0.4 is 11.2 Å². The summed E-state index contributed by atoms with van der Waals surface area (Å²) in [7, 11) is 0. The quantitative estimate of drug-likeness (QED) is 0.498. The van der Waals surface area contributed by atoms with Gasteiger partial charge in [0, 0.05) is 5.38 Å². The topological polar surface area (TPSA) is 115 Å². The molecular formula is C9H13N3O4S. The average molecular weight is 259 g/mol. The maximum atomic E-state index is 10.8. The zero-order valence-corrected chi connectivity index (χ0v) is 10.2. The van der Waals surface area contributed by atoms with Crippen molar-refractivity contribution in [3.05, 3.63) is 11.1 Å². The summed E-state index contributed by atoms with van der Waals surface area (Å²) < 4.78 is 0. The number of rotatable bonds is 6. The number of nitrogens with zero attached hydrogens (tertiary/aromatic N) is 1. The molecule has 0 radical (unpaired) electrons. The second kappa shape index (κ2) is 5.21. The van der Waals surface area contributed by atoms with Gasteiger partial charge in [0.25, 0.3) is 0 Å². The van der Waals surface area contributed by atoms with E-state index in [0.717, 1.165) is 0 Å². The number of thiazole rings is 1. The van der Waals surface area contributed by atoms with Crippen molar-refractivity contribution in [1.29, 1.82) is 0 Å². The fourth-order valence-corrected chi connectivity index (χ4v) is 1.45. The summed E-state index contributed by atoms with van der Waals surface area (Å²) in [5.74, 6) is -1.15. The zero-order chi connectivity index (χ0) is 13.1. The van der Waals surface area contributed by atoms with E-state index in [2.05, 4.69) is 10.5 Å². The number of carbonyl (C=O) groups is 2. The van der Waals surface area contributed by atoms with Crippen LogP contribution in [0.2, 0.25) is 0 Å². The van der Waals surface area contributed by atoms with Crippen molar-refractivity contribution in [1.82, 2.24) is 10.5 Å². The molecule has 1 unspecified atom stereocenters. The fourth-order valence-electron chi connectivity index (χ4n) is 0.856. The highest BCUT2D eigenvalue weighted by atomic mass is 32.1. The maximum absolute atomic E-state index is 10.8. The van der Waals surface area contributed by atoms with Crippen molar-refractivity contribution in [2.75, 3.05) is 5.73 Å². The number of aromatic nitrogens is 1. The van der Waals surface area contributed by atoms with Gasteiger partial charge in [-0.25, -0.2) is 9.78 Å². The number of anilines is 1. The molecule has 1 aromatic rings. The third-order valence-electron chi connectivity index (χ3n) is 1.95. The molecule has 94 valence electrons. The Hall–Kier alpha value is -1.51. The van der Waals surface area contributed by atoms with Gasteiger partial charge in [-0.05, 0) is 13.8 Å². The molecular weight excluding hydrogens is 246 g/mol. The van der Waals surface area contributed by atoms with Crippen LogP contribution in [0.3, 0.4) is 0 Å². The van der Waals surface area contributed by atoms with E-state index in [9.17, 15) is 9.59 Å². The number of carboxylic acid groups (broad SMARTS) is 1. The molecule has 7 nitrogen and oxygen atoms in total. The second-order valence-corrected chi connectivity index (χ2v) is 4.65. The van der Waals surface area contributed by atoms with Crippen LogP contribution in [0.15, 0.2) is 5.38 Å². The highest BCUT2D eigenvalue weighted by Gasteiger charge is 2.30. The molecule has 1 aromatic heterocycles. The molecule has 0 bridgehead atoms. The molecule has 0 saturated heterocycles. The van der Waals surface area contributed by atoms with Crippen molar-refractivity contribution in [2.45, 2.75) is 25.5 Å². The number of carbonyl (C=O) groups excluding carboxylic acids is 1. The third kappa shape index (κ3) is 3.48. The lowest BCUT2D eigenvalue weighted by Crippen LogP contribution is -2.41. The third-order valence-corrected chi connectivity index (χ3v) is 2.64. The molecule has 0 saturated carbocycles. The van der Waals surface area contributed by atoms with E-state index < -0.39 is 17.6 Å². The Morgan fingerprint density at radius 3 is 2.82 bits per heavy atom. The summed E-state index contributed by atoms with van der Waals surface area (Å²) in [6, 6.07) is -0.845. The first-order chi connectivity index (χ1) is 7.86. The Morgan fingerprint density at radius 1 is 1.76 bits per heavy atom. The standard InChI is InChI=1S/C9H13N3O4S/c1-9(2,7(14)15)16-12-5(3-13)6-4-17-8(10)11-6/h3-5,12H,1-2H3,(H2,10,11)(H,14,15). The van der Waals surface area contributed by atoms with Crippen LogP contribution in [-0.2, 0) is 14.4 Å². The fraction of sp³-hybridized carbons (Fsp3) is 0.444. The minimum absolute atomic E-state index is 0.325. The lowest BCUT2D eigenvalue weighted by Gasteiger charge is -2.21. The number of aliphatic carboxylic acids is 1. The normalized spacial score (nSPS) is 13.3. The van der Waals surface area contributed by atoms with Crippen LogP contribution in [0.4, 0.5) is 5.13 Å². The Balaban J connectivity index is 2.66. The predicted molar refractivity (Wildman–Crippen MR) is 61.3 cm³/mol. The largest absolute Gasteiger partial charge is 0.479 e. The lowest BCUT2D eigenvalue weighted by molar-refractivity contribution is -0.174. The van der Waals surface area contributed by atoms with Gasteiger partial charge in [0.2, 0.25) is 0 Å². The first-order valence-electron chi connectivity index (χ1n) is 4.70. The Kier molecular flexibility index (Phi) is 4.16. The summed E-state index contributed by atoms with van der Waals surface area (Å²) in [5, 5.41) is 10.7. The zero-order valence-electron chi connectivity index (χ0n) is 9.34. The van der Waals surface area contributed by atoms with Gasteiger partial charge in [0.05, 0.1) is 5.69 Å². The summed E-state index contributed by atoms with van der Waals surface area (Å²) >= 11 is 1.18. The number of hydrogen-bond acceptors (Lipinski definition) is 7. The van der Waals surface area contributed by atoms with Crippen molar-refractivity contribution in [3.8, 4) is 0 Å². The first-order valence-corrected chi connectivity index (χ1v) is 5.58. The molecule has 0 aromatic carbocycles. The Morgan fingerprint density at radius 2 is 2.41 bits per heavy atom. The van der Waals surface area contributed by atoms with Crippen molar-refractivity contribution >= 4 is 28.7 Å². The summed E-state index contributed by atoms with van der Waals surface area (Å²) in [4.78, 5) is 30.5. The number of nitrogen functional groups attached to an aromatic ring is 1. The summed E-state index contributed by atoms with van der Waals surface area (Å²) in [6.45, 7) is 2.72. The van der Waals surface area contributed by atoms with E-state index in [1.807, 2.05) is 0 Å². The highest BCUT2D eigenvalue weighted by molar-refractivity contribution is 7.13. The van der Waals surface area contributed by atoms with Gasteiger partial charge in [-0.1, -0.05) is 0 Å².